The fourth-order valence-corrected chi connectivity index (χ4v) is 3.16. The molecule has 2 aromatic carbocycles. The van der Waals surface area contributed by atoms with Gasteiger partial charge >= 0.3 is 0 Å². The molecule has 2 rings (SSSR count). The van der Waals surface area contributed by atoms with Gasteiger partial charge in [-0.2, -0.15) is 0 Å². The van der Waals surface area contributed by atoms with Gasteiger partial charge in [0.2, 0.25) is 15.9 Å². The monoisotopic (exact) mass is 354 g/mol. The van der Waals surface area contributed by atoms with E-state index >= 15 is 0 Å². The summed E-state index contributed by atoms with van der Waals surface area (Å²) >= 11 is 1.10. The van der Waals surface area contributed by atoms with Crippen LogP contribution in [0.1, 0.15) is 6.92 Å². The molecule has 0 spiro atoms. The van der Waals surface area contributed by atoms with Crippen LogP contribution in [0.3, 0.4) is 0 Å². The van der Waals surface area contributed by atoms with Crippen LogP contribution in [0.5, 0.6) is 0 Å². The minimum Gasteiger partial charge on any atom is -0.325 e. The van der Waals surface area contributed by atoms with Crippen molar-refractivity contribution >= 4 is 33.4 Å². The Kier molecular flexibility index (Phi) is 5.40. The highest BCUT2D eigenvalue weighted by atomic mass is 32.2. The first kappa shape index (κ1) is 17.5. The van der Waals surface area contributed by atoms with Crippen LogP contribution in [0.4, 0.5) is 10.1 Å². The Bertz CT molecular complexity index is 808. The molecule has 0 unspecified atom stereocenters. The van der Waals surface area contributed by atoms with E-state index in [1.807, 2.05) is 0 Å². The maximum absolute atomic E-state index is 13.6. The number of sulfonamides is 1. The van der Waals surface area contributed by atoms with E-state index in [1.54, 1.807) is 25.1 Å². The average molecular weight is 354 g/mol. The lowest BCUT2D eigenvalue weighted by atomic mass is 10.3. The van der Waals surface area contributed by atoms with Gasteiger partial charge in [0.25, 0.3) is 0 Å². The molecule has 0 radical (unpaired) electrons. The van der Waals surface area contributed by atoms with Crippen LogP contribution in [0.2, 0.25) is 0 Å². The summed E-state index contributed by atoms with van der Waals surface area (Å²) in [5.41, 5.74) is 0.434. The van der Waals surface area contributed by atoms with Gasteiger partial charge in [-0.15, -0.1) is 11.8 Å². The van der Waals surface area contributed by atoms with Crippen molar-refractivity contribution in [3.8, 4) is 0 Å². The SMILES string of the molecule is C[C@H](Sc1ccccc1F)C(=O)Nc1ccc(S(N)(=O)=O)cc1. The number of thioether (sulfide) groups is 1. The zero-order valence-electron chi connectivity index (χ0n) is 12.2. The minimum atomic E-state index is -3.77. The fraction of sp³-hybridized carbons (Fsp3) is 0.133. The Morgan fingerprint density at radius 1 is 1.17 bits per heavy atom. The quantitative estimate of drug-likeness (QED) is 0.808. The molecule has 0 aromatic heterocycles. The molecule has 0 heterocycles. The lowest BCUT2D eigenvalue weighted by Crippen LogP contribution is -2.22. The van der Waals surface area contributed by atoms with Gasteiger partial charge in [0.1, 0.15) is 5.82 Å². The molecule has 1 atom stereocenters. The standard InChI is InChI=1S/C15H15FN2O3S2/c1-10(22-14-5-3-2-4-13(14)16)15(19)18-11-6-8-12(9-7-11)23(17,20)21/h2-10H,1H3,(H,18,19)(H2,17,20,21)/t10-/m0/s1. The lowest BCUT2D eigenvalue weighted by Gasteiger charge is -2.12. The summed E-state index contributed by atoms with van der Waals surface area (Å²) < 4.78 is 35.9. The topological polar surface area (TPSA) is 89.3 Å². The van der Waals surface area contributed by atoms with Crippen molar-refractivity contribution in [1.82, 2.24) is 0 Å². The molecule has 23 heavy (non-hydrogen) atoms. The second-order valence-electron chi connectivity index (χ2n) is 4.75. The van der Waals surface area contributed by atoms with Crippen molar-refractivity contribution in [1.29, 1.82) is 0 Å². The molecule has 5 nitrogen and oxygen atoms in total. The number of carbonyl (C=O) groups excluding carboxylic acids is 1. The van der Waals surface area contributed by atoms with Crippen molar-refractivity contribution < 1.29 is 17.6 Å². The first-order valence-electron chi connectivity index (χ1n) is 6.62. The molecule has 0 aliphatic heterocycles. The molecule has 8 heteroatoms. The van der Waals surface area contributed by atoms with E-state index in [2.05, 4.69) is 5.32 Å². The zero-order valence-corrected chi connectivity index (χ0v) is 13.8. The minimum absolute atomic E-state index is 0.0377. The van der Waals surface area contributed by atoms with Gasteiger partial charge in [0, 0.05) is 10.6 Å². The first-order chi connectivity index (χ1) is 10.8. The molecule has 3 N–H and O–H groups in total. The molecule has 0 aliphatic carbocycles. The highest BCUT2D eigenvalue weighted by molar-refractivity contribution is 8.00. The number of hydrogen-bond donors (Lipinski definition) is 2. The summed E-state index contributed by atoms with van der Waals surface area (Å²) in [5.74, 6) is -0.698. The Hall–Kier alpha value is -1.90. The largest absolute Gasteiger partial charge is 0.325 e. The number of primary sulfonamides is 1. The molecule has 1 amide bonds. The Morgan fingerprint density at radius 3 is 2.35 bits per heavy atom. The van der Waals surface area contributed by atoms with Crippen molar-refractivity contribution in [3.63, 3.8) is 0 Å². The van der Waals surface area contributed by atoms with E-state index in [0.29, 0.717) is 10.6 Å². The van der Waals surface area contributed by atoms with Crippen LogP contribution in [-0.2, 0) is 14.8 Å². The van der Waals surface area contributed by atoms with E-state index in [1.165, 1.54) is 30.3 Å². The molecule has 0 fully saturated rings. The molecule has 0 saturated carbocycles. The third-order valence-electron chi connectivity index (χ3n) is 2.96. The number of nitrogens with two attached hydrogens (primary N) is 1. The number of rotatable bonds is 5. The number of anilines is 1. The highest BCUT2D eigenvalue weighted by Gasteiger charge is 2.16. The summed E-state index contributed by atoms with van der Waals surface area (Å²) in [6.07, 6.45) is 0. The molecular formula is C15H15FN2O3S2. The van der Waals surface area contributed by atoms with Crippen LogP contribution in [-0.4, -0.2) is 19.6 Å². The Labute approximate surface area is 138 Å². The first-order valence-corrected chi connectivity index (χ1v) is 9.05. The second-order valence-corrected chi connectivity index (χ2v) is 7.69. The number of nitrogens with one attached hydrogen (secondary N) is 1. The number of benzene rings is 2. The Morgan fingerprint density at radius 2 is 1.78 bits per heavy atom. The molecule has 0 saturated heterocycles. The van der Waals surface area contributed by atoms with Gasteiger partial charge in [0.15, 0.2) is 0 Å². The summed E-state index contributed by atoms with van der Waals surface area (Å²) in [6, 6.07) is 11.7. The van der Waals surface area contributed by atoms with E-state index < -0.39 is 15.3 Å². The van der Waals surface area contributed by atoms with Gasteiger partial charge in [0.05, 0.1) is 10.1 Å². The summed E-state index contributed by atoms with van der Waals surface area (Å²) in [4.78, 5) is 12.5. The van der Waals surface area contributed by atoms with Crippen molar-refractivity contribution in [2.45, 2.75) is 22.0 Å². The van der Waals surface area contributed by atoms with Crippen molar-refractivity contribution in [2.75, 3.05) is 5.32 Å². The Balaban J connectivity index is 2.02. The number of carbonyl (C=O) groups is 1. The maximum atomic E-state index is 13.6. The summed E-state index contributed by atoms with van der Waals surface area (Å²) in [7, 11) is -3.77. The molecule has 122 valence electrons. The number of halogens is 1. The van der Waals surface area contributed by atoms with Crippen LogP contribution < -0.4 is 10.5 Å². The van der Waals surface area contributed by atoms with E-state index in [4.69, 9.17) is 5.14 Å². The predicted molar refractivity (Wildman–Crippen MR) is 88.2 cm³/mol. The number of amides is 1. The predicted octanol–water partition coefficient (Wildman–Crippen LogP) is 2.59. The normalized spacial score (nSPS) is 12.7. The molecular weight excluding hydrogens is 339 g/mol. The van der Waals surface area contributed by atoms with Gasteiger partial charge in [-0.1, -0.05) is 12.1 Å². The number of hydrogen-bond acceptors (Lipinski definition) is 4. The maximum Gasteiger partial charge on any atom is 0.238 e. The van der Waals surface area contributed by atoms with E-state index in [-0.39, 0.29) is 16.6 Å². The summed E-state index contributed by atoms with van der Waals surface area (Å²) in [5, 5.41) is 7.12. The highest BCUT2D eigenvalue weighted by Crippen LogP contribution is 2.26. The van der Waals surface area contributed by atoms with Gasteiger partial charge in [-0.3, -0.25) is 4.79 Å². The van der Waals surface area contributed by atoms with Gasteiger partial charge < -0.3 is 5.32 Å². The third-order valence-corrected chi connectivity index (χ3v) is 5.04. The van der Waals surface area contributed by atoms with E-state index in [9.17, 15) is 17.6 Å². The zero-order chi connectivity index (χ0) is 17.0. The van der Waals surface area contributed by atoms with Gasteiger partial charge in [-0.05, 0) is 43.3 Å². The average Bonchev–Trinajstić information content (AvgIpc) is 2.49. The second kappa shape index (κ2) is 7.12. The van der Waals surface area contributed by atoms with Crippen LogP contribution in [0.15, 0.2) is 58.3 Å². The van der Waals surface area contributed by atoms with Crippen molar-refractivity contribution in [3.05, 3.63) is 54.3 Å². The lowest BCUT2D eigenvalue weighted by molar-refractivity contribution is -0.115. The molecule has 0 bridgehead atoms. The fourth-order valence-electron chi connectivity index (χ4n) is 1.76. The van der Waals surface area contributed by atoms with Crippen LogP contribution in [0, 0.1) is 5.82 Å². The molecule has 0 aliphatic rings. The van der Waals surface area contributed by atoms with Crippen molar-refractivity contribution in [2.24, 2.45) is 5.14 Å². The smallest absolute Gasteiger partial charge is 0.238 e. The summed E-state index contributed by atoms with van der Waals surface area (Å²) in [6.45, 7) is 1.66. The molecule has 2 aromatic rings. The van der Waals surface area contributed by atoms with Crippen LogP contribution in [0.25, 0.3) is 0 Å². The van der Waals surface area contributed by atoms with Crippen LogP contribution >= 0.6 is 11.8 Å². The third kappa shape index (κ3) is 4.78. The van der Waals surface area contributed by atoms with Gasteiger partial charge in [-0.25, -0.2) is 17.9 Å². The van der Waals surface area contributed by atoms with E-state index in [0.717, 1.165) is 11.8 Å².